The van der Waals surface area contributed by atoms with Crippen LogP contribution < -0.4 is 4.90 Å². The van der Waals surface area contributed by atoms with Crippen molar-refractivity contribution < 1.29 is 9.53 Å². The minimum atomic E-state index is -0.279. The van der Waals surface area contributed by atoms with Crippen LogP contribution in [0.4, 0.5) is 5.82 Å². The molecule has 0 saturated heterocycles. The predicted molar refractivity (Wildman–Crippen MR) is 61.3 cm³/mol. The van der Waals surface area contributed by atoms with Crippen molar-refractivity contribution in [2.45, 2.75) is 19.8 Å². The molecule has 0 radical (unpaired) electrons. The number of anilines is 1. The zero-order chi connectivity index (χ0) is 12.0. The Morgan fingerprint density at radius 3 is 2.88 bits per heavy atom. The lowest BCUT2D eigenvalue weighted by atomic mass is 10.2. The number of rotatable bonds is 5. The fourth-order valence-electron chi connectivity index (χ4n) is 1.33. The van der Waals surface area contributed by atoms with Crippen LogP contribution in [0.25, 0.3) is 0 Å². The van der Waals surface area contributed by atoms with Crippen molar-refractivity contribution >= 4 is 11.8 Å². The van der Waals surface area contributed by atoms with E-state index in [0.717, 1.165) is 24.4 Å². The molecule has 5 heteroatoms. The molecule has 0 atom stereocenters. The highest BCUT2D eigenvalue weighted by atomic mass is 16.5. The quantitative estimate of drug-likeness (QED) is 0.698. The lowest BCUT2D eigenvalue weighted by molar-refractivity contribution is -0.138. The van der Waals surface area contributed by atoms with Crippen LogP contribution in [0.2, 0.25) is 0 Å². The molecule has 16 heavy (non-hydrogen) atoms. The molecule has 0 unspecified atom stereocenters. The average molecular weight is 223 g/mol. The van der Waals surface area contributed by atoms with E-state index in [1.165, 1.54) is 13.4 Å². The number of aryl methyl sites for hydroxylation is 1. The van der Waals surface area contributed by atoms with Gasteiger partial charge in [0.15, 0.2) is 0 Å². The second kappa shape index (κ2) is 6.05. The molecule has 0 bridgehead atoms. The van der Waals surface area contributed by atoms with Crippen molar-refractivity contribution in [1.82, 2.24) is 9.97 Å². The molecular formula is C11H17N3O2. The first-order valence-electron chi connectivity index (χ1n) is 5.26. The first kappa shape index (κ1) is 12.4. The SMILES string of the molecule is CCCc1cc(N(C)CC(=O)OC)ncn1. The van der Waals surface area contributed by atoms with E-state index in [-0.39, 0.29) is 12.5 Å². The molecular weight excluding hydrogens is 206 g/mol. The molecule has 0 spiro atoms. The van der Waals surface area contributed by atoms with Crippen molar-refractivity contribution in [3.8, 4) is 0 Å². The number of methoxy groups -OCH3 is 1. The number of hydrogen-bond acceptors (Lipinski definition) is 5. The Morgan fingerprint density at radius 2 is 2.25 bits per heavy atom. The van der Waals surface area contributed by atoms with Crippen LogP contribution in [0.1, 0.15) is 19.0 Å². The van der Waals surface area contributed by atoms with E-state index in [2.05, 4.69) is 21.6 Å². The molecule has 0 saturated carbocycles. The first-order valence-corrected chi connectivity index (χ1v) is 5.26. The van der Waals surface area contributed by atoms with E-state index in [4.69, 9.17) is 0 Å². The largest absolute Gasteiger partial charge is 0.468 e. The van der Waals surface area contributed by atoms with Crippen LogP contribution in [-0.4, -0.2) is 36.6 Å². The molecule has 88 valence electrons. The smallest absolute Gasteiger partial charge is 0.325 e. The number of esters is 1. The normalized spacial score (nSPS) is 9.94. The lowest BCUT2D eigenvalue weighted by Gasteiger charge is -2.16. The topological polar surface area (TPSA) is 55.3 Å². The Balaban J connectivity index is 2.71. The van der Waals surface area contributed by atoms with Gasteiger partial charge in [-0.3, -0.25) is 4.79 Å². The Bertz CT molecular complexity index is 355. The molecule has 0 aliphatic rings. The predicted octanol–water partition coefficient (Wildman–Crippen LogP) is 1.04. The van der Waals surface area contributed by atoms with E-state index in [1.807, 2.05) is 6.07 Å². The maximum Gasteiger partial charge on any atom is 0.325 e. The Labute approximate surface area is 95.5 Å². The van der Waals surface area contributed by atoms with Gasteiger partial charge in [0.2, 0.25) is 0 Å². The fourth-order valence-corrected chi connectivity index (χ4v) is 1.33. The third-order valence-electron chi connectivity index (χ3n) is 2.20. The van der Waals surface area contributed by atoms with Gasteiger partial charge in [0.25, 0.3) is 0 Å². The van der Waals surface area contributed by atoms with Crippen molar-refractivity contribution in [3.63, 3.8) is 0 Å². The van der Waals surface area contributed by atoms with E-state index in [0.29, 0.717) is 0 Å². The van der Waals surface area contributed by atoms with Gasteiger partial charge in [-0.2, -0.15) is 0 Å². The van der Waals surface area contributed by atoms with Gasteiger partial charge < -0.3 is 9.64 Å². The third-order valence-corrected chi connectivity index (χ3v) is 2.20. The van der Waals surface area contributed by atoms with Crippen LogP contribution in [0.5, 0.6) is 0 Å². The first-order chi connectivity index (χ1) is 7.67. The van der Waals surface area contributed by atoms with Gasteiger partial charge in [0, 0.05) is 18.8 Å². The molecule has 1 aromatic rings. The number of aromatic nitrogens is 2. The van der Waals surface area contributed by atoms with Gasteiger partial charge in [-0.05, 0) is 6.42 Å². The number of ether oxygens (including phenoxy) is 1. The average Bonchev–Trinajstić information content (AvgIpc) is 2.29. The van der Waals surface area contributed by atoms with E-state index in [9.17, 15) is 4.79 Å². The molecule has 0 aliphatic carbocycles. The van der Waals surface area contributed by atoms with E-state index in [1.54, 1.807) is 11.9 Å². The Morgan fingerprint density at radius 1 is 1.50 bits per heavy atom. The lowest BCUT2D eigenvalue weighted by Crippen LogP contribution is -2.27. The maximum atomic E-state index is 11.1. The number of likely N-dealkylation sites (N-methyl/N-ethyl adjacent to an activating group) is 1. The Hall–Kier alpha value is -1.65. The number of carbonyl (C=O) groups excluding carboxylic acids is 1. The van der Waals surface area contributed by atoms with Crippen molar-refractivity contribution in [3.05, 3.63) is 18.1 Å². The van der Waals surface area contributed by atoms with Crippen molar-refractivity contribution in [1.29, 1.82) is 0 Å². The van der Waals surface area contributed by atoms with Gasteiger partial charge in [-0.1, -0.05) is 13.3 Å². The second-order valence-corrected chi connectivity index (χ2v) is 3.55. The van der Waals surface area contributed by atoms with Crippen LogP contribution in [0, 0.1) is 0 Å². The van der Waals surface area contributed by atoms with Gasteiger partial charge in [0.1, 0.15) is 18.7 Å². The Kier molecular flexibility index (Phi) is 4.69. The molecule has 0 aromatic carbocycles. The summed E-state index contributed by atoms with van der Waals surface area (Å²) in [5.74, 6) is 0.460. The molecule has 0 N–H and O–H groups in total. The minimum Gasteiger partial charge on any atom is -0.468 e. The second-order valence-electron chi connectivity index (χ2n) is 3.55. The van der Waals surface area contributed by atoms with Crippen LogP contribution >= 0.6 is 0 Å². The van der Waals surface area contributed by atoms with Crippen LogP contribution in [0.3, 0.4) is 0 Å². The monoisotopic (exact) mass is 223 g/mol. The van der Waals surface area contributed by atoms with E-state index >= 15 is 0 Å². The fraction of sp³-hybridized carbons (Fsp3) is 0.545. The molecule has 1 rings (SSSR count). The highest BCUT2D eigenvalue weighted by Gasteiger charge is 2.08. The summed E-state index contributed by atoms with van der Waals surface area (Å²) in [5, 5.41) is 0. The highest BCUT2D eigenvalue weighted by molar-refractivity contribution is 5.74. The molecule has 1 aromatic heterocycles. The zero-order valence-corrected chi connectivity index (χ0v) is 9.93. The van der Waals surface area contributed by atoms with E-state index < -0.39 is 0 Å². The minimum absolute atomic E-state index is 0.194. The van der Waals surface area contributed by atoms with Gasteiger partial charge >= 0.3 is 5.97 Å². The molecule has 0 amide bonds. The van der Waals surface area contributed by atoms with Crippen LogP contribution in [-0.2, 0) is 16.0 Å². The van der Waals surface area contributed by atoms with Gasteiger partial charge in [0.05, 0.1) is 7.11 Å². The summed E-state index contributed by atoms with van der Waals surface area (Å²) < 4.78 is 4.60. The van der Waals surface area contributed by atoms with Gasteiger partial charge in [-0.15, -0.1) is 0 Å². The molecule has 5 nitrogen and oxygen atoms in total. The molecule has 0 aliphatic heterocycles. The standard InChI is InChI=1S/C11H17N3O2/c1-4-5-9-6-10(13-8-12-9)14(2)7-11(15)16-3/h6,8H,4-5,7H2,1-3H3. The number of hydrogen-bond donors (Lipinski definition) is 0. The van der Waals surface area contributed by atoms with Crippen LogP contribution in [0.15, 0.2) is 12.4 Å². The summed E-state index contributed by atoms with van der Waals surface area (Å²) in [6.07, 6.45) is 3.48. The zero-order valence-electron chi connectivity index (χ0n) is 9.93. The van der Waals surface area contributed by atoms with Gasteiger partial charge in [-0.25, -0.2) is 9.97 Å². The summed E-state index contributed by atoms with van der Waals surface area (Å²) >= 11 is 0. The van der Waals surface area contributed by atoms with Crippen molar-refractivity contribution in [2.24, 2.45) is 0 Å². The third kappa shape index (κ3) is 3.49. The summed E-state index contributed by atoms with van der Waals surface area (Å²) in [6, 6.07) is 1.90. The molecule has 1 heterocycles. The number of carbonyl (C=O) groups is 1. The summed E-state index contributed by atoms with van der Waals surface area (Å²) in [5.41, 5.74) is 0.990. The summed E-state index contributed by atoms with van der Waals surface area (Å²) in [4.78, 5) is 21.1. The number of nitrogens with zero attached hydrogens (tertiary/aromatic N) is 3. The maximum absolute atomic E-state index is 11.1. The summed E-state index contributed by atoms with van der Waals surface area (Å²) in [7, 11) is 3.17. The summed E-state index contributed by atoms with van der Waals surface area (Å²) in [6.45, 7) is 2.29. The van der Waals surface area contributed by atoms with Crippen molar-refractivity contribution in [2.75, 3.05) is 25.6 Å². The highest BCUT2D eigenvalue weighted by Crippen LogP contribution is 2.10. The molecule has 0 fully saturated rings.